The van der Waals surface area contributed by atoms with Crippen LogP contribution in [0.5, 0.6) is 0 Å². The van der Waals surface area contributed by atoms with Gasteiger partial charge >= 0.3 is 12.2 Å². The third kappa shape index (κ3) is 4.44. The van der Waals surface area contributed by atoms with Crippen LogP contribution in [0.25, 0.3) is 0 Å². The molecule has 11 heteroatoms. The van der Waals surface area contributed by atoms with Gasteiger partial charge in [-0.1, -0.05) is 11.6 Å². The zero-order chi connectivity index (χ0) is 20.5. The number of aromatic nitrogens is 1. The molecule has 0 atom stereocenters. The van der Waals surface area contributed by atoms with Crippen molar-refractivity contribution >= 4 is 29.1 Å². The van der Waals surface area contributed by atoms with Crippen LogP contribution < -0.4 is 10.2 Å². The van der Waals surface area contributed by atoms with Gasteiger partial charge in [-0.05, 0) is 18.2 Å². The fraction of sp³-hybridized carbons (Fsp3) is 0.294. The molecule has 1 aromatic carbocycles. The highest BCUT2D eigenvalue weighted by Gasteiger charge is 2.32. The lowest BCUT2D eigenvalue weighted by atomic mass is 10.2. The van der Waals surface area contributed by atoms with Crippen molar-refractivity contribution in [2.45, 2.75) is 6.18 Å². The fourth-order valence-corrected chi connectivity index (χ4v) is 3.01. The normalized spacial score (nSPS) is 14.9. The Labute approximate surface area is 161 Å². The Morgan fingerprint density at radius 3 is 2.36 bits per heavy atom. The number of nitrogens with one attached hydrogen (secondary N) is 1. The highest BCUT2D eigenvalue weighted by molar-refractivity contribution is 6.33. The van der Waals surface area contributed by atoms with E-state index in [1.54, 1.807) is 4.90 Å². The summed E-state index contributed by atoms with van der Waals surface area (Å²) in [6.45, 7) is 0.982. The number of carbonyl (C=O) groups excluding carboxylic acids is 1. The van der Waals surface area contributed by atoms with Crippen LogP contribution in [-0.2, 0) is 6.18 Å². The summed E-state index contributed by atoms with van der Waals surface area (Å²) in [6.07, 6.45) is -3.83. The van der Waals surface area contributed by atoms with Gasteiger partial charge in [0.15, 0.2) is 0 Å². The molecule has 1 aromatic heterocycles. The maximum atomic E-state index is 13.6. The van der Waals surface area contributed by atoms with Gasteiger partial charge in [0.25, 0.3) is 0 Å². The molecule has 0 saturated carbocycles. The minimum atomic E-state index is -4.54. The monoisotopic (exact) mass is 420 g/mol. The van der Waals surface area contributed by atoms with Crippen molar-refractivity contribution in [1.82, 2.24) is 9.88 Å². The van der Waals surface area contributed by atoms with Crippen LogP contribution in [0, 0.1) is 11.6 Å². The number of rotatable bonds is 2. The minimum absolute atomic E-state index is 0.138. The van der Waals surface area contributed by atoms with Crippen molar-refractivity contribution < 1.29 is 26.7 Å². The Kier molecular flexibility index (Phi) is 5.59. The first kappa shape index (κ1) is 20.1. The van der Waals surface area contributed by atoms with E-state index >= 15 is 0 Å². The van der Waals surface area contributed by atoms with Gasteiger partial charge in [-0.3, -0.25) is 0 Å². The summed E-state index contributed by atoms with van der Waals surface area (Å²) in [5, 5.41) is 2.22. The van der Waals surface area contributed by atoms with Crippen molar-refractivity contribution in [2.24, 2.45) is 0 Å². The number of anilines is 2. The Morgan fingerprint density at radius 2 is 1.79 bits per heavy atom. The zero-order valence-electron chi connectivity index (χ0n) is 14.2. The van der Waals surface area contributed by atoms with E-state index in [2.05, 4.69) is 10.3 Å². The molecule has 2 amide bonds. The first-order valence-electron chi connectivity index (χ1n) is 8.14. The maximum Gasteiger partial charge on any atom is 0.417 e. The molecule has 1 N–H and O–H groups in total. The Morgan fingerprint density at radius 1 is 1.11 bits per heavy atom. The molecular weight excluding hydrogens is 407 g/mol. The molecule has 28 heavy (non-hydrogen) atoms. The highest BCUT2D eigenvalue weighted by atomic mass is 35.5. The number of amides is 2. The Hall–Kier alpha value is -2.62. The largest absolute Gasteiger partial charge is 0.417 e. The summed E-state index contributed by atoms with van der Waals surface area (Å²) in [5.41, 5.74) is -1.10. The van der Waals surface area contributed by atoms with Gasteiger partial charge in [0.2, 0.25) is 0 Å². The lowest BCUT2D eigenvalue weighted by molar-refractivity contribution is -0.137. The number of halogens is 6. The van der Waals surface area contributed by atoms with E-state index in [9.17, 15) is 26.7 Å². The Bertz CT molecular complexity index is 884. The molecule has 0 unspecified atom stereocenters. The first-order chi connectivity index (χ1) is 13.1. The van der Waals surface area contributed by atoms with Crippen LogP contribution in [0.15, 0.2) is 30.5 Å². The Balaban J connectivity index is 1.62. The van der Waals surface area contributed by atoms with Crippen molar-refractivity contribution in [1.29, 1.82) is 0 Å². The van der Waals surface area contributed by atoms with Gasteiger partial charge in [0.1, 0.15) is 17.5 Å². The quantitative estimate of drug-likeness (QED) is 0.733. The van der Waals surface area contributed by atoms with Gasteiger partial charge in [0, 0.05) is 38.4 Å². The summed E-state index contributed by atoms with van der Waals surface area (Å²) in [4.78, 5) is 19.1. The third-order valence-electron chi connectivity index (χ3n) is 4.19. The molecule has 5 nitrogen and oxygen atoms in total. The van der Waals surface area contributed by atoms with E-state index in [1.807, 2.05) is 0 Å². The number of carbonyl (C=O) groups is 1. The number of benzene rings is 1. The SMILES string of the molecule is O=C(Nc1ccc(F)cc1F)N1CCN(c2ncc(C(F)(F)F)cc2Cl)CC1. The number of hydrogen-bond donors (Lipinski definition) is 1. The highest BCUT2D eigenvalue weighted by Crippen LogP contribution is 2.33. The van der Waals surface area contributed by atoms with E-state index in [-0.39, 0.29) is 42.7 Å². The molecule has 1 saturated heterocycles. The van der Waals surface area contributed by atoms with Crippen molar-refractivity contribution in [3.05, 3.63) is 52.7 Å². The average Bonchev–Trinajstić information content (AvgIpc) is 2.63. The molecule has 1 fully saturated rings. The van der Waals surface area contributed by atoms with Crippen LogP contribution >= 0.6 is 11.6 Å². The topological polar surface area (TPSA) is 48.5 Å². The van der Waals surface area contributed by atoms with Crippen molar-refractivity contribution in [3.8, 4) is 0 Å². The van der Waals surface area contributed by atoms with Crippen LogP contribution in [0.4, 0.5) is 38.3 Å². The number of urea groups is 1. The van der Waals surface area contributed by atoms with Gasteiger partial charge < -0.3 is 15.1 Å². The summed E-state index contributed by atoms with van der Waals surface area (Å²) >= 11 is 5.94. The average molecular weight is 421 g/mol. The third-order valence-corrected chi connectivity index (χ3v) is 4.47. The number of pyridine rings is 1. The van der Waals surface area contributed by atoms with Crippen LogP contribution in [-0.4, -0.2) is 42.1 Å². The molecule has 150 valence electrons. The lowest BCUT2D eigenvalue weighted by Gasteiger charge is -2.35. The van der Waals surface area contributed by atoms with Gasteiger partial charge in [-0.15, -0.1) is 0 Å². The van der Waals surface area contributed by atoms with Gasteiger partial charge in [-0.25, -0.2) is 18.6 Å². The molecule has 2 aromatic rings. The number of hydrogen-bond acceptors (Lipinski definition) is 3. The molecular formula is C17H14ClF5N4O. The van der Waals surface area contributed by atoms with Crippen LogP contribution in [0.3, 0.4) is 0 Å². The van der Waals surface area contributed by atoms with Gasteiger partial charge in [0.05, 0.1) is 16.3 Å². The molecule has 0 spiro atoms. The van der Waals surface area contributed by atoms with E-state index in [0.29, 0.717) is 12.3 Å². The second-order valence-corrected chi connectivity index (χ2v) is 6.46. The maximum absolute atomic E-state index is 13.6. The minimum Gasteiger partial charge on any atom is -0.352 e. The van der Waals surface area contributed by atoms with Crippen molar-refractivity contribution in [2.75, 3.05) is 36.4 Å². The molecule has 1 aliphatic rings. The molecule has 0 bridgehead atoms. The summed E-state index contributed by atoms with van der Waals surface area (Å²) in [7, 11) is 0. The standard InChI is InChI=1S/C17H14ClF5N4O/c18-12-7-10(17(21,22)23)9-24-15(12)26-3-5-27(6-4-26)16(28)25-14-2-1-11(19)8-13(14)20/h1-2,7-9H,3-6H2,(H,25,28). The predicted molar refractivity (Wildman–Crippen MR) is 93.4 cm³/mol. The summed E-state index contributed by atoms with van der Waals surface area (Å²) in [6, 6.07) is 3.03. The molecule has 3 rings (SSSR count). The predicted octanol–water partition coefficient (Wildman–Crippen LogP) is 4.39. The number of piperazine rings is 1. The van der Waals surface area contributed by atoms with E-state index in [1.165, 1.54) is 4.90 Å². The lowest BCUT2D eigenvalue weighted by Crippen LogP contribution is -2.50. The first-order valence-corrected chi connectivity index (χ1v) is 8.51. The smallest absolute Gasteiger partial charge is 0.352 e. The van der Waals surface area contributed by atoms with Crippen molar-refractivity contribution in [3.63, 3.8) is 0 Å². The molecule has 0 aliphatic carbocycles. The van der Waals surface area contributed by atoms with Gasteiger partial charge in [-0.2, -0.15) is 13.2 Å². The van der Waals surface area contributed by atoms with E-state index < -0.39 is 29.4 Å². The summed E-state index contributed by atoms with van der Waals surface area (Å²) < 4.78 is 64.7. The van der Waals surface area contributed by atoms with Crippen LogP contribution in [0.2, 0.25) is 5.02 Å². The molecule has 0 radical (unpaired) electrons. The summed E-state index contributed by atoms with van der Waals surface area (Å²) in [5.74, 6) is -1.46. The molecule has 2 heterocycles. The zero-order valence-corrected chi connectivity index (χ0v) is 15.0. The second kappa shape index (κ2) is 7.78. The number of nitrogens with zero attached hydrogens (tertiary/aromatic N) is 3. The van der Waals surface area contributed by atoms with Crippen LogP contribution in [0.1, 0.15) is 5.56 Å². The molecule has 1 aliphatic heterocycles. The van der Waals surface area contributed by atoms with E-state index in [0.717, 1.165) is 18.2 Å². The van der Waals surface area contributed by atoms with E-state index in [4.69, 9.17) is 11.6 Å². The second-order valence-electron chi connectivity index (χ2n) is 6.06. The fourth-order valence-electron chi connectivity index (χ4n) is 2.72. The number of alkyl halides is 3.